The highest BCUT2D eigenvalue weighted by Crippen LogP contribution is 2.24. The molecule has 3 aromatic rings. The first-order chi connectivity index (χ1) is 11.6. The number of aryl methyl sites for hydroxylation is 1. The Hall–Kier alpha value is -1.89. The zero-order valence-corrected chi connectivity index (χ0v) is 15.2. The molecule has 0 saturated carbocycles. The quantitative estimate of drug-likeness (QED) is 0.634. The Balaban J connectivity index is 1.61. The van der Waals surface area contributed by atoms with Crippen LogP contribution in [0.15, 0.2) is 52.3 Å². The molecular formula is C17H14ClN3OS2. The minimum absolute atomic E-state index is 0.139. The lowest BCUT2D eigenvalue weighted by Crippen LogP contribution is -2.11. The van der Waals surface area contributed by atoms with E-state index < -0.39 is 0 Å². The van der Waals surface area contributed by atoms with E-state index in [9.17, 15) is 4.79 Å². The molecule has 7 heteroatoms. The number of nitrogens with one attached hydrogen (secondary N) is 1. The Labute approximate surface area is 153 Å². The van der Waals surface area contributed by atoms with Gasteiger partial charge >= 0.3 is 0 Å². The van der Waals surface area contributed by atoms with E-state index in [1.807, 2.05) is 37.3 Å². The van der Waals surface area contributed by atoms with Crippen molar-refractivity contribution in [1.29, 1.82) is 0 Å². The van der Waals surface area contributed by atoms with Crippen molar-refractivity contribution >= 4 is 46.3 Å². The summed E-state index contributed by atoms with van der Waals surface area (Å²) >= 11 is 9.15. The summed E-state index contributed by atoms with van der Waals surface area (Å²) in [5, 5.41) is 11.4. The lowest BCUT2D eigenvalue weighted by Gasteiger charge is -2.08. The number of anilines is 1. The number of carbonyl (C=O) groups excluding carboxylic acids is 1. The molecule has 3 rings (SSSR count). The largest absolute Gasteiger partial charge is 0.322 e. The van der Waals surface area contributed by atoms with Gasteiger partial charge in [-0.1, -0.05) is 46.8 Å². The van der Waals surface area contributed by atoms with Crippen LogP contribution in [0.5, 0.6) is 0 Å². The van der Waals surface area contributed by atoms with Crippen LogP contribution in [0.1, 0.15) is 21.5 Å². The van der Waals surface area contributed by atoms with Crippen molar-refractivity contribution in [3.05, 3.63) is 69.7 Å². The molecule has 2 aromatic carbocycles. The van der Waals surface area contributed by atoms with Crippen LogP contribution in [0.25, 0.3) is 0 Å². The van der Waals surface area contributed by atoms with Gasteiger partial charge in [0, 0.05) is 22.0 Å². The van der Waals surface area contributed by atoms with Crippen LogP contribution in [0.3, 0.4) is 0 Å². The lowest BCUT2D eigenvalue weighted by atomic mass is 10.1. The van der Waals surface area contributed by atoms with Gasteiger partial charge in [-0.25, -0.2) is 0 Å². The monoisotopic (exact) mass is 375 g/mol. The van der Waals surface area contributed by atoms with E-state index in [1.165, 1.54) is 11.3 Å². The lowest BCUT2D eigenvalue weighted by molar-refractivity contribution is 0.102. The fourth-order valence-electron chi connectivity index (χ4n) is 2.05. The van der Waals surface area contributed by atoms with Crippen LogP contribution in [0, 0.1) is 6.92 Å². The van der Waals surface area contributed by atoms with Crippen LogP contribution < -0.4 is 5.32 Å². The number of hydrogen-bond donors (Lipinski definition) is 1. The Morgan fingerprint density at radius 3 is 2.71 bits per heavy atom. The highest BCUT2D eigenvalue weighted by atomic mass is 35.5. The molecular weight excluding hydrogens is 362 g/mol. The Kier molecular flexibility index (Phi) is 5.50. The summed E-state index contributed by atoms with van der Waals surface area (Å²) in [5.41, 5.74) is 5.13. The molecule has 1 heterocycles. The molecule has 0 atom stereocenters. The van der Waals surface area contributed by atoms with Gasteiger partial charge in [-0.3, -0.25) is 4.79 Å². The first-order valence-electron chi connectivity index (χ1n) is 7.17. The molecule has 0 unspecified atom stereocenters. The van der Waals surface area contributed by atoms with Gasteiger partial charge in [0.1, 0.15) is 5.51 Å². The van der Waals surface area contributed by atoms with Crippen molar-refractivity contribution in [2.45, 2.75) is 17.0 Å². The maximum absolute atomic E-state index is 12.3. The number of benzene rings is 2. The molecule has 122 valence electrons. The molecule has 0 aliphatic rings. The van der Waals surface area contributed by atoms with Gasteiger partial charge in [0.2, 0.25) is 0 Å². The van der Waals surface area contributed by atoms with Gasteiger partial charge < -0.3 is 5.32 Å². The first kappa shape index (κ1) is 17.0. The average molecular weight is 376 g/mol. The van der Waals surface area contributed by atoms with E-state index in [0.29, 0.717) is 10.6 Å². The number of rotatable bonds is 5. The average Bonchev–Trinajstić information content (AvgIpc) is 3.10. The molecule has 0 spiro atoms. The van der Waals surface area contributed by atoms with Crippen LogP contribution in [-0.4, -0.2) is 16.1 Å². The molecule has 0 saturated heterocycles. The van der Waals surface area contributed by atoms with Crippen LogP contribution >= 0.6 is 34.7 Å². The zero-order valence-electron chi connectivity index (χ0n) is 12.8. The topological polar surface area (TPSA) is 54.9 Å². The van der Waals surface area contributed by atoms with Crippen molar-refractivity contribution in [3.63, 3.8) is 0 Å². The van der Waals surface area contributed by atoms with Gasteiger partial charge in [-0.15, -0.1) is 10.2 Å². The zero-order chi connectivity index (χ0) is 16.9. The summed E-state index contributed by atoms with van der Waals surface area (Å²) in [5.74, 6) is 0.660. The normalized spacial score (nSPS) is 10.6. The molecule has 24 heavy (non-hydrogen) atoms. The van der Waals surface area contributed by atoms with E-state index in [1.54, 1.807) is 29.4 Å². The van der Waals surface area contributed by atoms with E-state index in [4.69, 9.17) is 11.6 Å². The Bertz CT molecular complexity index is 836. The predicted octanol–water partition coefficient (Wildman–Crippen LogP) is 5.04. The second-order valence-corrected chi connectivity index (χ2v) is 7.57. The van der Waals surface area contributed by atoms with Gasteiger partial charge in [0.25, 0.3) is 5.91 Å². The fraction of sp³-hybridized carbons (Fsp3) is 0.118. The van der Waals surface area contributed by atoms with E-state index in [2.05, 4.69) is 15.5 Å². The second kappa shape index (κ2) is 7.79. The SMILES string of the molecule is Cc1cc(NC(=O)c2ccc(CSc3nncs3)cc2)ccc1Cl. The number of halogens is 1. The Morgan fingerprint density at radius 1 is 1.25 bits per heavy atom. The highest BCUT2D eigenvalue weighted by Gasteiger charge is 2.07. The van der Waals surface area contributed by atoms with E-state index in [-0.39, 0.29) is 5.91 Å². The molecule has 1 N–H and O–H groups in total. The third kappa shape index (κ3) is 4.35. The maximum Gasteiger partial charge on any atom is 0.255 e. The van der Waals surface area contributed by atoms with Gasteiger partial charge in [-0.2, -0.15) is 0 Å². The summed E-state index contributed by atoms with van der Waals surface area (Å²) in [6.45, 7) is 1.91. The maximum atomic E-state index is 12.3. The number of nitrogens with zero attached hydrogens (tertiary/aromatic N) is 2. The van der Waals surface area contributed by atoms with E-state index in [0.717, 1.165) is 26.9 Å². The second-order valence-electron chi connectivity index (χ2n) is 5.11. The predicted molar refractivity (Wildman–Crippen MR) is 100 cm³/mol. The number of amides is 1. The molecule has 0 aliphatic heterocycles. The van der Waals surface area contributed by atoms with Crippen molar-refractivity contribution in [1.82, 2.24) is 10.2 Å². The van der Waals surface area contributed by atoms with Crippen LogP contribution in [-0.2, 0) is 5.75 Å². The van der Waals surface area contributed by atoms with Gasteiger partial charge in [0.15, 0.2) is 4.34 Å². The third-order valence-corrected chi connectivity index (χ3v) is 5.69. The summed E-state index contributed by atoms with van der Waals surface area (Å²) in [7, 11) is 0. The summed E-state index contributed by atoms with van der Waals surface area (Å²) in [6.07, 6.45) is 0. The highest BCUT2D eigenvalue weighted by molar-refractivity contribution is 8.00. The number of carbonyl (C=O) groups is 1. The standard InChI is InChI=1S/C17H14ClN3OS2/c1-11-8-14(6-7-15(11)18)20-16(22)13-4-2-12(3-5-13)9-23-17-21-19-10-24-17/h2-8,10H,9H2,1H3,(H,20,22). The molecule has 0 bridgehead atoms. The smallest absolute Gasteiger partial charge is 0.255 e. The molecule has 0 fully saturated rings. The van der Waals surface area contributed by atoms with Crippen molar-refractivity contribution < 1.29 is 4.79 Å². The van der Waals surface area contributed by atoms with E-state index >= 15 is 0 Å². The third-order valence-electron chi connectivity index (χ3n) is 3.33. The molecule has 0 aliphatic carbocycles. The number of thioether (sulfide) groups is 1. The number of aromatic nitrogens is 2. The summed E-state index contributed by atoms with van der Waals surface area (Å²) in [4.78, 5) is 12.3. The van der Waals surface area contributed by atoms with Gasteiger partial charge in [-0.05, 0) is 48.4 Å². The first-order valence-corrected chi connectivity index (χ1v) is 9.41. The van der Waals surface area contributed by atoms with Crippen molar-refractivity contribution in [2.75, 3.05) is 5.32 Å². The van der Waals surface area contributed by atoms with Crippen molar-refractivity contribution in [2.24, 2.45) is 0 Å². The van der Waals surface area contributed by atoms with Gasteiger partial charge in [0.05, 0.1) is 0 Å². The summed E-state index contributed by atoms with van der Waals surface area (Å²) in [6, 6.07) is 13.0. The van der Waals surface area contributed by atoms with Crippen LogP contribution in [0.4, 0.5) is 5.69 Å². The minimum Gasteiger partial charge on any atom is -0.322 e. The van der Waals surface area contributed by atoms with Crippen LogP contribution in [0.2, 0.25) is 5.02 Å². The number of hydrogen-bond acceptors (Lipinski definition) is 5. The fourth-order valence-corrected chi connectivity index (χ4v) is 3.61. The molecule has 0 radical (unpaired) electrons. The Morgan fingerprint density at radius 2 is 2.04 bits per heavy atom. The van der Waals surface area contributed by atoms with Crippen molar-refractivity contribution in [3.8, 4) is 0 Å². The molecule has 4 nitrogen and oxygen atoms in total. The molecule has 1 aromatic heterocycles. The molecule has 1 amide bonds. The summed E-state index contributed by atoms with van der Waals surface area (Å²) < 4.78 is 0.940. The minimum atomic E-state index is -0.139.